The molecule has 2 heterocycles. The third-order valence-electron chi connectivity index (χ3n) is 3.03. The molecule has 0 radical (unpaired) electrons. The van der Waals surface area contributed by atoms with Crippen molar-refractivity contribution in [3.05, 3.63) is 65.5 Å². The third-order valence-corrected chi connectivity index (χ3v) is 3.03. The number of nitrogens with zero attached hydrogens (tertiary/aromatic N) is 2. The molecule has 1 amide bonds. The fourth-order valence-corrected chi connectivity index (χ4v) is 1.90. The highest BCUT2D eigenvalue weighted by Gasteiger charge is 2.10. The van der Waals surface area contributed by atoms with Gasteiger partial charge < -0.3 is 14.3 Å². The lowest BCUT2D eigenvalue weighted by Crippen LogP contribution is -2.22. The molecule has 0 bridgehead atoms. The minimum Gasteiger partial charge on any atom is -0.461 e. The highest BCUT2D eigenvalue weighted by Crippen LogP contribution is 2.20. The zero-order chi connectivity index (χ0) is 15.4. The summed E-state index contributed by atoms with van der Waals surface area (Å²) in [6.07, 6.45) is 1.55. The lowest BCUT2D eigenvalue weighted by molar-refractivity contribution is 0.0950. The predicted molar refractivity (Wildman–Crippen MR) is 76.5 cm³/mol. The van der Waals surface area contributed by atoms with Crippen LogP contribution in [0.4, 0.5) is 0 Å². The molecule has 2 aromatic heterocycles. The van der Waals surface area contributed by atoms with Crippen LogP contribution in [0.15, 0.2) is 57.7 Å². The van der Waals surface area contributed by atoms with Gasteiger partial charge in [-0.25, -0.2) is 0 Å². The van der Waals surface area contributed by atoms with E-state index in [2.05, 4.69) is 10.5 Å². The topological polar surface area (TPSA) is 92.1 Å². The molecular formula is C16H11N3O3. The van der Waals surface area contributed by atoms with Gasteiger partial charge in [0.05, 0.1) is 24.4 Å². The summed E-state index contributed by atoms with van der Waals surface area (Å²) in [5.41, 5.74) is 1.58. The Morgan fingerprint density at radius 1 is 1.23 bits per heavy atom. The van der Waals surface area contributed by atoms with Crippen LogP contribution in [0.2, 0.25) is 0 Å². The lowest BCUT2D eigenvalue weighted by atomic mass is 10.1. The monoisotopic (exact) mass is 293 g/mol. The van der Waals surface area contributed by atoms with Crippen molar-refractivity contribution in [3.63, 3.8) is 0 Å². The number of carbonyl (C=O) groups is 1. The van der Waals surface area contributed by atoms with Gasteiger partial charge in [-0.1, -0.05) is 5.16 Å². The first-order chi connectivity index (χ1) is 10.8. The second-order valence-electron chi connectivity index (χ2n) is 4.53. The second-order valence-corrected chi connectivity index (χ2v) is 4.53. The van der Waals surface area contributed by atoms with Crippen molar-refractivity contribution >= 4 is 5.91 Å². The Morgan fingerprint density at radius 3 is 2.73 bits per heavy atom. The van der Waals surface area contributed by atoms with Crippen molar-refractivity contribution in [1.82, 2.24) is 10.5 Å². The number of hydrogen-bond donors (Lipinski definition) is 1. The SMILES string of the molecule is N#Cc1ccc(C(=O)NCc2cc(-c3ccco3)on2)cc1. The Balaban J connectivity index is 1.62. The van der Waals surface area contributed by atoms with Crippen molar-refractivity contribution < 1.29 is 13.7 Å². The molecule has 0 spiro atoms. The summed E-state index contributed by atoms with van der Waals surface area (Å²) in [4.78, 5) is 12.0. The number of nitriles is 1. The van der Waals surface area contributed by atoms with Crippen LogP contribution >= 0.6 is 0 Å². The zero-order valence-corrected chi connectivity index (χ0v) is 11.4. The molecule has 6 nitrogen and oxygen atoms in total. The van der Waals surface area contributed by atoms with E-state index < -0.39 is 0 Å². The molecule has 3 aromatic rings. The fraction of sp³-hybridized carbons (Fsp3) is 0.0625. The van der Waals surface area contributed by atoms with Gasteiger partial charge in [-0.05, 0) is 36.4 Å². The maximum absolute atomic E-state index is 12.0. The minimum absolute atomic E-state index is 0.239. The molecule has 0 fully saturated rings. The van der Waals surface area contributed by atoms with E-state index in [0.717, 1.165) is 0 Å². The van der Waals surface area contributed by atoms with Gasteiger partial charge >= 0.3 is 0 Å². The third kappa shape index (κ3) is 2.88. The molecule has 3 rings (SSSR count). The van der Waals surface area contributed by atoms with Crippen molar-refractivity contribution in [3.8, 4) is 17.6 Å². The first-order valence-corrected chi connectivity index (χ1v) is 6.54. The average Bonchev–Trinajstić information content (AvgIpc) is 3.23. The van der Waals surface area contributed by atoms with Crippen LogP contribution in [-0.4, -0.2) is 11.1 Å². The molecule has 22 heavy (non-hydrogen) atoms. The summed E-state index contributed by atoms with van der Waals surface area (Å²) in [7, 11) is 0. The van der Waals surface area contributed by atoms with E-state index in [1.54, 1.807) is 48.7 Å². The number of furan rings is 1. The van der Waals surface area contributed by atoms with Crippen LogP contribution < -0.4 is 5.32 Å². The number of amides is 1. The maximum Gasteiger partial charge on any atom is 0.251 e. The van der Waals surface area contributed by atoms with Crippen molar-refractivity contribution in [2.24, 2.45) is 0 Å². The average molecular weight is 293 g/mol. The van der Waals surface area contributed by atoms with E-state index in [0.29, 0.717) is 28.3 Å². The molecule has 0 aliphatic rings. The van der Waals surface area contributed by atoms with Gasteiger partial charge in [0.15, 0.2) is 5.76 Å². The van der Waals surface area contributed by atoms with Gasteiger partial charge in [-0.15, -0.1) is 0 Å². The zero-order valence-electron chi connectivity index (χ0n) is 11.4. The maximum atomic E-state index is 12.0. The second kappa shape index (κ2) is 5.97. The van der Waals surface area contributed by atoms with E-state index >= 15 is 0 Å². The van der Waals surface area contributed by atoms with Crippen molar-refractivity contribution in [2.45, 2.75) is 6.54 Å². The van der Waals surface area contributed by atoms with Crippen LogP contribution in [-0.2, 0) is 6.54 Å². The molecule has 108 valence electrons. The van der Waals surface area contributed by atoms with Crippen molar-refractivity contribution in [2.75, 3.05) is 0 Å². The van der Waals surface area contributed by atoms with E-state index in [1.165, 1.54) is 0 Å². The summed E-state index contributed by atoms with van der Waals surface area (Å²) in [5.74, 6) is 0.844. The normalized spacial score (nSPS) is 10.1. The highest BCUT2D eigenvalue weighted by molar-refractivity contribution is 5.94. The van der Waals surface area contributed by atoms with Gasteiger partial charge in [0.2, 0.25) is 5.76 Å². The minimum atomic E-state index is -0.243. The van der Waals surface area contributed by atoms with Gasteiger partial charge in [-0.3, -0.25) is 4.79 Å². The largest absolute Gasteiger partial charge is 0.461 e. The highest BCUT2D eigenvalue weighted by atomic mass is 16.5. The van der Waals surface area contributed by atoms with Crippen LogP contribution in [0, 0.1) is 11.3 Å². The summed E-state index contributed by atoms with van der Waals surface area (Å²) < 4.78 is 10.3. The molecule has 0 saturated heterocycles. The molecule has 1 N–H and O–H groups in total. The van der Waals surface area contributed by atoms with Crippen LogP contribution in [0.3, 0.4) is 0 Å². The quantitative estimate of drug-likeness (QED) is 0.798. The molecule has 0 aliphatic carbocycles. The summed E-state index contributed by atoms with van der Waals surface area (Å²) in [6.45, 7) is 0.239. The van der Waals surface area contributed by atoms with E-state index in [1.807, 2.05) is 6.07 Å². The smallest absolute Gasteiger partial charge is 0.251 e. The van der Waals surface area contributed by atoms with Crippen LogP contribution in [0.1, 0.15) is 21.6 Å². The Morgan fingerprint density at radius 2 is 2.05 bits per heavy atom. The van der Waals surface area contributed by atoms with E-state index in [9.17, 15) is 4.79 Å². The molecule has 0 atom stereocenters. The first-order valence-electron chi connectivity index (χ1n) is 6.54. The number of aromatic nitrogens is 1. The summed E-state index contributed by atoms with van der Waals surface area (Å²) in [6, 6.07) is 13.6. The van der Waals surface area contributed by atoms with Gasteiger partial charge in [0.1, 0.15) is 5.69 Å². The Labute approximate surface area is 126 Å². The number of nitrogens with one attached hydrogen (secondary N) is 1. The molecule has 1 aromatic carbocycles. The molecule has 6 heteroatoms. The fourth-order valence-electron chi connectivity index (χ4n) is 1.90. The molecule has 0 unspecified atom stereocenters. The van der Waals surface area contributed by atoms with Gasteiger partial charge in [-0.2, -0.15) is 5.26 Å². The Hall–Kier alpha value is -3.33. The lowest BCUT2D eigenvalue weighted by Gasteiger charge is -2.02. The van der Waals surface area contributed by atoms with Crippen LogP contribution in [0.25, 0.3) is 11.5 Å². The summed E-state index contributed by atoms with van der Waals surface area (Å²) >= 11 is 0. The molecule has 0 aliphatic heterocycles. The molecular weight excluding hydrogens is 282 g/mol. The van der Waals surface area contributed by atoms with E-state index in [4.69, 9.17) is 14.2 Å². The number of rotatable bonds is 4. The number of carbonyl (C=O) groups excluding carboxylic acids is 1. The Kier molecular flexibility index (Phi) is 3.70. The summed E-state index contributed by atoms with van der Waals surface area (Å²) in [5, 5.41) is 15.3. The number of hydrogen-bond acceptors (Lipinski definition) is 5. The van der Waals surface area contributed by atoms with Gasteiger partial charge in [0, 0.05) is 11.6 Å². The van der Waals surface area contributed by atoms with E-state index in [-0.39, 0.29) is 12.5 Å². The predicted octanol–water partition coefficient (Wildman–Crippen LogP) is 2.74. The molecule has 0 saturated carbocycles. The Bertz CT molecular complexity index is 811. The standard InChI is InChI=1S/C16H11N3O3/c17-9-11-3-5-12(6-4-11)16(20)18-10-13-8-15(22-19-13)14-2-1-7-21-14/h1-8H,10H2,(H,18,20). The first kappa shape index (κ1) is 13.6. The van der Waals surface area contributed by atoms with Crippen LogP contribution in [0.5, 0.6) is 0 Å². The van der Waals surface area contributed by atoms with Crippen molar-refractivity contribution in [1.29, 1.82) is 5.26 Å². The number of benzene rings is 1. The van der Waals surface area contributed by atoms with Gasteiger partial charge in [0.25, 0.3) is 5.91 Å².